The lowest BCUT2D eigenvalue weighted by Gasteiger charge is -2.16. The molecule has 64 valence electrons. The Hall–Kier alpha value is -0.600. The van der Waals surface area contributed by atoms with Gasteiger partial charge in [0.1, 0.15) is 4.75 Å². The van der Waals surface area contributed by atoms with Gasteiger partial charge in [0, 0.05) is 13.3 Å². The number of rotatable bonds is 2. The van der Waals surface area contributed by atoms with Crippen LogP contribution in [0.1, 0.15) is 13.8 Å². The summed E-state index contributed by atoms with van der Waals surface area (Å²) in [5.74, 6) is 0. The lowest BCUT2D eigenvalue weighted by atomic mass is 10.2. The summed E-state index contributed by atoms with van der Waals surface area (Å²) in [5.41, 5.74) is 2.45. The van der Waals surface area contributed by atoms with Gasteiger partial charge < -0.3 is 0 Å². The SMILES string of the molecule is CNN=S(C)(=O)C(C)(C)C#N. The first kappa shape index (κ1) is 10.4. The Morgan fingerprint density at radius 3 is 2.36 bits per heavy atom. The monoisotopic (exact) mass is 175 g/mol. The Morgan fingerprint density at radius 1 is 1.64 bits per heavy atom. The van der Waals surface area contributed by atoms with Crippen molar-refractivity contribution in [3.8, 4) is 6.07 Å². The first-order chi connectivity index (χ1) is 4.87. The van der Waals surface area contributed by atoms with Crippen LogP contribution < -0.4 is 5.43 Å². The summed E-state index contributed by atoms with van der Waals surface area (Å²) in [7, 11) is -0.891. The highest BCUT2D eigenvalue weighted by Crippen LogP contribution is 2.15. The zero-order valence-electron chi connectivity index (χ0n) is 7.21. The normalized spacial score (nSPS) is 16.6. The maximum atomic E-state index is 11.6. The maximum Gasteiger partial charge on any atom is 0.136 e. The number of nitrogens with one attached hydrogen (secondary N) is 1. The molecule has 0 heterocycles. The van der Waals surface area contributed by atoms with Crippen LogP contribution in [-0.2, 0) is 9.73 Å². The van der Waals surface area contributed by atoms with Crippen LogP contribution in [-0.4, -0.2) is 22.3 Å². The van der Waals surface area contributed by atoms with Crippen molar-refractivity contribution in [3.05, 3.63) is 0 Å². The van der Waals surface area contributed by atoms with Gasteiger partial charge in [-0.25, -0.2) is 9.63 Å². The third kappa shape index (κ3) is 2.17. The molecule has 0 aliphatic heterocycles. The third-order valence-electron chi connectivity index (χ3n) is 1.48. The lowest BCUT2D eigenvalue weighted by Crippen LogP contribution is -2.29. The summed E-state index contributed by atoms with van der Waals surface area (Å²) in [6, 6.07) is 1.96. The summed E-state index contributed by atoms with van der Waals surface area (Å²) >= 11 is 0. The predicted octanol–water partition coefficient (Wildman–Crippen LogP) is 0.521. The first-order valence-electron chi connectivity index (χ1n) is 3.16. The summed E-state index contributed by atoms with van der Waals surface area (Å²) in [5, 5.41) is 8.64. The second-order valence-corrected chi connectivity index (χ2v) is 5.55. The molecule has 11 heavy (non-hydrogen) atoms. The molecule has 0 aliphatic rings. The van der Waals surface area contributed by atoms with Crippen LogP contribution in [0.3, 0.4) is 0 Å². The van der Waals surface area contributed by atoms with Crippen LogP contribution in [0.4, 0.5) is 0 Å². The zero-order chi connectivity index (χ0) is 9.12. The van der Waals surface area contributed by atoms with E-state index in [0.717, 1.165) is 0 Å². The Bertz CT molecular complexity index is 281. The molecular weight excluding hydrogens is 162 g/mol. The minimum Gasteiger partial charge on any atom is -0.247 e. The molecule has 0 bridgehead atoms. The lowest BCUT2D eigenvalue weighted by molar-refractivity contribution is 0.655. The molecule has 0 radical (unpaired) electrons. The highest BCUT2D eigenvalue weighted by Gasteiger charge is 2.27. The van der Waals surface area contributed by atoms with Gasteiger partial charge in [0.05, 0.1) is 15.8 Å². The van der Waals surface area contributed by atoms with Crippen molar-refractivity contribution in [3.63, 3.8) is 0 Å². The van der Waals surface area contributed by atoms with Gasteiger partial charge in [0.2, 0.25) is 0 Å². The van der Waals surface area contributed by atoms with Gasteiger partial charge in [-0.15, -0.1) is 4.47 Å². The van der Waals surface area contributed by atoms with Crippen LogP contribution >= 0.6 is 0 Å². The Balaban J connectivity index is 5.05. The molecule has 0 saturated heterocycles. The minimum atomic E-state index is -2.46. The van der Waals surface area contributed by atoms with Crippen LogP contribution in [0.25, 0.3) is 0 Å². The van der Waals surface area contributed by atoms with Gasteiger partial charge in [-0.3, -0.25) is 0 Å². The molecule has 4 nitrogen and oxygen atoms in total. The van der Waals surface area contributed by atoms with E-state index in [2.05, 4.69) is 9.90 Å². The van der Waals surface area contributed by atoms with Crippen LogP contribution in [0.15, 0.2) is 4.47 Å². The molecule has 0 fully saturated rings. The molecule has 1 N–H and O–H groups in total. The molecule has 0 rings (SSSR count). The van der Waals surface area contributed by atoms with E-state index in [1.165, 1.54) is 6.26 Å². The molecule has 0 aromatic heterocycles. The third-order valence-corrected chi connectivity index (χ3v) is 4.00. The number of nitriles is 1. The second kappa shape index (κ2) is 3.20. The van der Waals surface area contributed by atoms with Gasteiger partial charge in [-0.05, 0) is 13.8 Å². The highest BCUT2D eigenvalue weighted by atomic mass is 32.2. The average Bonchev–Trinajstić information content (AvgIpc) is 1.87. The number of hydrogen-bond donors (Lipinski definition) is 1. The summed E-state index contributed by atoms with van der Waals surface area (Å²) in [6.45, 7) is 3.21. The van der Waals surface area contributed by atoms with E-state index in [1.54, 1.807) is 20.9 Å². The van der Waals surface area contributed by atoms with Crippen molar-refractivity contribution in [2.75, 3.05) is 13.3 Å². The summed E-state index contributed by atoms with van der Waals surface area (Å²) in [6.07, 6.45) is 1.46. The molecule has 1 atom stereocenters. The van der Waals surface area contributed by atoms with E-state index in [1.807, 2.05) is 6.07 Å². The smallest absolute Gasteiger partial charge is 0.136 e. The second-order valence-electron chi connectivity index (χ2n) is 2.74. The van der Waals surface area contributed by atoms with Crippen molar-refractivity contribution < 1.29 is 4.21 Å². The molecule has 0 spiro atoms. The van der Waals surface area contributed by atoms with E-state index in [-0.39, 0.29) is 0 Å². The van der Waals surface area contributed by atoms with E-state index >= 15 is 0 Å². The fourth-order valence-electron chi connectivity index (χ4n) is 0.373. The van der Waals surface area contributed by atoms with Crippen molar-refractivity contribution >= 4 is 9.73 Å². The van der Waals surface area contributed by atoms with E-state index < -0.39 is 14.5 Å². The molecule has 1 unspecified atom stereocenters. The maximum absolute atomic E-state index is 11.6. The van der Waals surface area contributed by atoms with Crippen LogP contribution in [0.2, 0.25) is 0 Å². The van der Waals surface area contributed by atoms with Crippen molar-refractivity contribution in [2.24, 2.45) is 4.47 Å². The molecule has 0 aliphatic carbocycles. The average molecular weight is 175 g/mol. The van der Waals surface area contributed by atoms with E-state index in [0.29, 0.717) is 0 Å². The van der Waals surface area contributed by atoms with Gasteiger partial charge in [0.25, 0.3) is 0 Å². The molecular formula is C6H13N3OS. The Morgan fingerprint density at radius 2 is 2.09 bits per heavy atom. The first-order valence-corrected chi connectivity index (χ1v) is 5.08. The Kier molecular flexibility index (Phi) is 3.02. The number of nitrogens with zero attached hydrogens (tertiary/aromatic N) is 2. The number of hydrogen-bond acceptors (Lipinski definition) is 3. The minimum absolute atomic E-state index is 0.907. The summed E-state index contributed by atoms with van der Waals surface area (Å²) < 4.78 is 14.3. The molecule has 0 aromatic carbocycles. The fraction of sp³-hybridized carbons (Fsp3) is 0.833. The quantitative estimate of drug-likeness (QED) is 0.622. The van der Waals surface area contributed by atoms with E-state index in [4.69, 9.17) is 5.26 Å². The van der Waals surface area contributed by atoms with Crippen molar-refractivity contribution in [1.29, 1.82) is 5.26 Å². The Labute approximate surface area is 67.8 Å². The molecule has 0 aromatic rings. The van der Waals surface area contributed by atoms with Gasteiger partial charge >= 0.3 is 0 Å². The molecule has 5 heteroatoms. The van der Waals surface area contributed by atoms with Crippen molar-refractivity contribution in [2.45, 2.75) is 18.6 Å². The van der Waals surface area contributed by atoms with Gasteiger partial charge in [0.15, 0.2) is 0 Å². The standard InChI is InChI=1S/C6H13N3OS/c1-6(2,5-7)11(4,10)9-8-3/h8H,1-4H3. The highest BCUT2D eigenvalue weighted by molar-refractivity contribution is 7.94. The molecule has 0 saturated carbocycles. The van der Waals surface area contributed by atoms with Gasteiger partial charge in [-0.1, -0.05) is 0 Å². The van der Waals surface area contributed by atoms with E-state index in [9.17, 15) is 4.21 Å². The summed E-state index contributed by atoms with van der Waals surface area (Å²) in [4.78, 5) is 0. The van der Waals surface area contributed by atoms with Crippen molar-refractivity contribution in [1.82, 2.24) is 5.43 Å². The largest absolute Gasteiger partial charge is 0.247 e. The van der Waals surface area contributed by atoms with Gasteiger partial charge in [-0.2, -0.15) is 5.26 Å². The molecule has 0 amide bonds. The van der Waals surface area contributed by atoms with Crippen LogP contribution in [0.5, 0.6) is 0 Å². The predicted molar refractivity (Wildman–Crippen MR) is 45.2 cm³/mol. The zero-order valence-corrected chi connectivity index (χ0v) is 8.03. The topological polar surface area (TPSA) is 65.2 Å². The van der Waals surface area contributed by atoms with Crippen LogP contribution in [0, 0.1) is 11.3 Å². The fourth-order valence-corrected chi connectivity index (χ4v) is 1.12.